The zero-order valence-electron chi connectivity index (χ0n) is 11.2. The summed E-state index contributed by atoms with van der Waals surface area (Å²) in [6.07, 6.45) is 2.35. The minimum Gasteiger partial charge on any atom is -0.454 e. The SMILES string of the molecule is CCCC(C)(C)NCc1cc(Br)c2c(c1)OCO2. The first-order chi connectivity index (χ1) is 8.52. The third kappa shape index (κ3) is 3.18. The molecule has 1 heterocycles. The Morgan fingerprint density at radius 2 is 2.11 bits per heavy atom. The molecule has 0 unspecified atom stereocenters. The molecule has 0 saturated carbocycles. The summed E-state index contributed by atoms with van der Waals surface area (Å²) < 4.78 is 11.8. The van der Waals surface area contributed by atoms with Crippen LogP contribution in [0.5, 0.6) is 11.5 Å². The van der Waals surface area contributed by atoms with Crippen molar-refractivity contribution in [2.75, 3.05) is 6.79 Å². The number of hydrogen-bond donors (Lipinski definition) is 1. The van der Waals surface area contributed by atoms with Crippen molar-refractivity contribution in [1.82, 2.24) is 5.32 Å². The van der Waals surface area contributed by atoms with Gasteiger partial charge in [-0.3, -0.25) is 0 Å². The summed E-state index contributed by atoms with van der Waals surface area (Å²) in [5, 5.41) is 3.58. The van der Waals surface area contributed by atoms with Crippen molar-refractivity contribution in [2.24, 2.45) is 0 Å². The van der Waals surface area contributed by atoms with E-state index in [4.69, 9.17) is 9.47 Å². The maximum atomic E-state index is 5.42. The van der Waals surface area contributed by atoms with Crippen molar-refractivity contribution in [3.05, 3.63) is 22.2 Å². The summed E-state index contributed by atoms with van der Waals surface area (Å²) >= 11 is 3.52. The lowest BCUT2D eigenvalue weighted by Gasteiger charge is -2.26. The van der Waals surface area contributed by atoms with E-state index in [0.717, 1.165) is 22.5 Å². The molecule has 0 spiro atoms. The topological polar surface area (TPSA) is 30.5 Å². The Hall–Kier alpha value is -0.740. The molecule has 0 aromatic heterocycles. The molecule has 0 aliphatic carbocycles. The third-order valence-electron chi connectivity index (χ3n) is 3.13. The average Bonchev–Trinajstić information content (AvgIpc) is 2.75. The van der Waals surface area contributed by atoms with E-state index < -0.39 is 0 Å². The van der Waals surface area contributed by atoms with E-state index in [-0.39, 0.29) is 5.54 Å². The van der Waals surface area contributed by atoms with E-state index in [1.54, 1.807) is 0 Å². The molecule has 0 radical (unpaired) electrons. The Balaban J connectivity index is 2.04. The first kappa shape index (κ1) is 13.7. The Bertz CT molecular complexity index is 432. The van der Waals surface area contributed by atoms with E-state index >= 15 is 0 Å². The van der Waals surface area contributed by atoms with Crippen LogP contribution in [0, 0.1) is 0 Å². The predicted octanol–water partition coefficient (Wildman–Crippen LogP) is 3.85. The second kappa shape index (κ2) is 5.49. The van der Waals surface area contributed by atoms with E-state index in [9.17, 15) is 0 Å². The first-order valence-corrected chi connectivity index (χ1v) is 7.14. The van der Waals surface area contributed by atoms with Crippen LogP contribution in [0.2, 0.25) is 0 Å². The Labute approximate surface area is 117 Å². The fourth-order valence-corrected chi connectivity index (χ4v) is 2.78. The van der Waals surface area contributed by atoms with Gasteiger partial charge in [-0.25, -0.2) is 0 Å². The van der Waals surface area contributed by atoms with Gasteiger partial charge >= 0.3 is 0 Å². The lowest BCUT2D eigenvalue weighted by molar-refractivity contribution is 0.173. The molecule has 0 saturated heterocycles. The second-order valence-electron chi connectivity index (χ2n) is 5.30. The fraction of sp³-hybridized carbons (Fsp3) is 0.571. The highest BCUT2D eigenvalue weighted by atomic mass is 79.9. The van der Waals surface area contributed by atoms with Crippen LogP contribution in [0.3, 0.4) is 0 Å². The molecular formula is C14H20BrNO2. The zero-order chi connectivity index (χ0) is 13.2. The van der Waals surface area contributed by atoms with Crippen molar-refractivity contribution >= 4 is 15.9 Å². The van der Waals surface area contributed by atoms with Crippen molar-refractivity contribution in [1.29, 1.82) is 0 Å². The highest BCUT2D eigenvalue weighted by Crippen LogP contribution is 2.40. The standard InChI is InChI=1S/C14H20BrNO2/c1-4-5-14(2,3)16-8-10-6-11(15)13-12(7-10)17-9-18-13/h6-7,16H,4-5,8-9H2,1-3H3. The predicted molar refractivity (Wildman–Crippen MR) is 76.1 cm³/mol. The molecular weight excluding hydrogens is 294 g/mol. The van der Waals surface area contributed by atoms with Crippen LogP contribution in [0.15, 0.2) is 16.6 Å². The van der Waals surface area contributed by atoms with Gasteiger partial charge in [0, 0.05) is 12.1 Å². The average molecular weight is 314 g/mol. The van der Waals surface area contributed by atoms with Gasteiger partial charge in [0.15, 0.2) is 11.5 Å². The van der Waals surface area contributed by atoms with Gasteiger partial charge in [-0.2, -0.15) is 0 Å². The summed E-state index contributed by atoms with van der Waals surface area (Å²) in [5.41, 5.74) is 1.37. The fourth-order valence-electron chi connectivity index (χ4n) is 2.18. The van der Waals surface area contributed by atoms with Crippen molar-refractivity contribution < 1.29 is 9.47 Å². The van der Waals surface area contributed by atoms with Gasteiger partial charge in [-0.05, 0) is 53.9 Å². The number of ether oxygens (including phenoxy) is 2. The normalized spacial score (nSPS) is 14.0. The number of rotatable bonds is 5. The van der Waals surface area contributed by atoms with Crippen LogP contribution >= 0.6 is 15.9 Å². The maximum Gasteiger partial charge on any atom is 0.231 e. The molecule has 2 rings (SSSR count). The Morgan fingerprint density at radius 1 is 1.33 bits per heavy atom. The quantitative estimate of drug-likeness (QED) is 0.895. The van der Waals surface area contributed by atoms with Gasteiger partial charge in [0.2, 0.25) is 6.79 Å². The summed E-state index contributed by atoms with van der Waals surface area (Å²) in [7, 11) is 0. The molecule has 100 valence electrons. The van der Waals surface area contributed by atoms with Crippen LogP contribution in [0.4, 0.5) is 0 Å². The molecule has 3 nitrogen and oxygen atoms in total. The van der Waals surface area contributed by atoms with Gasteiger partial charge in [0.25, 0.3) is 0 Å². The molecule has 1 N–H and O–H groups in total. The van der Waals surface area contributed by atoms with Gasteiger partial charge in [-0.1, -0.05) is 13.3 Å². The van der Waals surface area contributed by atoms with Gasteiger partial charge < -0.3 is 14.8 Å². The molecule has 0 fully saturated rings. The molecule has 1 aromatic rings. The second-order valence-corrected chi connectivity index (χ2v) is 6.15. The Morgan fingerprint density at radius 3 is 2.83 bits per heavy atom. The number of hydrogen-bond acceptors (Lipinski definition) is 3. The van der Waals surface area contributed by atoms with Crippen molar-refractivity contribution in [3.63, 3.8) is 0 Å². The molecule has 0 atom stereocenters. The highest BCUT2D eigenvalue weighted by molar-refractivity contribution is 9.10. The van der Waals surface area contributed by atoms with E-state index in [1.807, 2.05) is 6.07 Å². The molecule has 1 aromatic carbocycles. The number of nitrogens with one attached hydrogen (secondary N) is 1. The molecule has 1 aliphatic heterocycles. The van der Waals surface area contributed by atoms with Gasteiger partial charge in [-0.15, -0.1) is 0 Å². The third-order valence-corrected chi connectivity index (χ3v) is 3.72. The molecule has 1 aliphatic rings. The van der Waals surface area contributed by atoms with Gasteiger partial charge in [0.05, 0.1) is 4.47 Å². The number of halogens is 1. The number of benzene rings is 1. The summed E-state index contributed by atoms with van der Waals surface area (Å²) in [6.45, 7) is 7.83. The summed E-state index contributed by atoms with van der Waals surface area (Å²) in [4.78, 5) is 0. The molecule has 4 heteroatoms. The zero-order valence-corrected chi connectivity index (χ0v) is 12.8. The first-order valence-electron chi connectivity index (χ1n) is 6.35. The van der Waals surface area contributed by atoms with Crippen LogP contribution in [-0.4, -0.2) is 12.3 Å². The molecule has 0 amide bonds. The minimum absolute atomic E-state index is 0.164. The van der Waals surface area contributed by atoms with E-state index in [0.29, 0.717) is 6.79 Å². The van der Waals surface area contributed by atoms with E-state index in [2.05, 4.69) is 48.1 Å². The summed E-state index contributed by atoms with van der Waals surface area (Å²) in [6, 6.07) is 4.13. The van der Waals surface area contributed by atoms with Crippen LogP contribution < -0.4 is 14.8 Å². The van der Waals surface area contributed by atoms with Gasteiger partial charge in [0.1, 0.15) is 0 Å². The van der Waals surface area contributed by atoms with Crippen LogP contribution in [0.1, 0.15) is 39.2 Å². The van der Waals surface area contributed by atoms with E-state index in [1.165, 1.54) is 18.4 Å². The van der Waals surface area contributed by atoms with Crippen LogP contribution in [0.25, 0.3) is 0 Å². The monoisotopic (exact) mass is 313 g/mol. The Kier molecular flexibility index (Phi) is 4.17. The largest absolute Gasteiger partial charge is 0.454 e. The molecule has 18 heavy (non-hydrogen) atoms. The lowest BCUT2D eigenvalue weighted by atomic mass is 9.98. The van der Waals surface area contributed by atoms with Crippen molar-refractivity contribution in [2.45, 2.75) is 45.7 Å². The van der Waals surface area contributed by atoms with Crippen LogP contribution in [-0.2, 0) is 6.54 Å². The summed E-state index contributed by atoms with van der Waals surface area (Å²) in [5.74, 6) is 1.64. The highest BCUT2D eigenvalue weighted by Gasteiger charge is 2.19. The smallest absolute Gasteiger partial charge is 0.231 e. The minimum atomic E-state index is 0.164. The molecule has 0 bridgehead atoms. The lowest BCUT2D eigenvalue weighted by Crippen LogP contribution is -2.38. The number of fused-ring (bicyclic) bond motifs is 1. The van der Waals surface area contributed by atoms with Crippen molar-refractivity contribution in [3.8, 4) is 11.5 Å². The maximum absolute atomic E-state index is 5.42.